The molecular weight excluding hydrogens is 363 g/mol. The van der Waals surface area contributed by atoms with Gasteiger partial charge in [0.05, 0.1) is 0 Å². The van der Waals surface area contributed by atoms with E-state index in [0.29, 0.717) is 22.8 Å². The highest BCUT2D eigenvalue weighted by molar-refractivity contribution is 6.06. The zero-order valence-corrected chi connectivity index (χ0v) is 13.6. The number of carbonyl (C=O) groups is 3. The van der Waals surface area contributed by atoms with Crippen molar-refractivity contribution in [3.63, 3.8) is 0 Å². The molecule has 1 aromatic heterocycles. The molecule has 2 aromatic rings. The van der Waals surface area contributed by atoms with Crippen LogP contribution in [0.3, 0.4) is 0 Å². The molecule has 0 aliphatic heterocycles. The second-order valence-corrected chi connectivity index (χ2v) is 5.15. The Kier molecular flexibility index (Phi) is 6.37. The molecule has 0 aliphatic carbocycles. The van der Waals surface area contributed by atoms with Crippen LogP contribution in [0.4, 0.5) is 13.2 Å². The van der Waals surface area contributed by atoms with Crippen LogP contribution < -0.4 is 0 Å². The van der Waals surface area contributed by atoms with Crippen LogP contribution in [0.15, 0.2) is 60.9 Å². The first-order valence-electron chi connectivity index (χ1n) is 7.49. The molecule has 1 aromatic carbocycles. The molecule has 8 heteroatoms. The topological polar surface area (TPSA) is 73.3 Å². The maximum atomic E-state index is 12.0. The second kappa shape index (κ2) is 8.70. The number of benzene rings is 1. The van der Waals surface area contributed by atoms with Crippen LogP contribution >= 0.6 is 0 Å². The summed E-state index contributed by atoms with van der Waals surface area (Å²) in [6.07, 6.45) is 2.64. The summed E-state index contributed by atoms with van der Waals surface area (Å²) in [4.78, 5) is 37.5. The van der Waals surface area contributed by atoms with Gasteiger partial charge in [-0.2, -0.15) is 13.2 Å². The Morgan fingerprint density at radius 3 is 2.04 bits per heavy atom. The molecule has 0 amide bonds. The molecule has 0 radical (unpaired) electrons. The van der Waals surface area contributed by atoms with E-state index in [1.165, 1.54) is 18.3 Å². The molecule has 0 spiro atoms. The number of ketones is 1. The minimum absolute atomic E-state index is 0.218. The van der Waals surface area contributed by atoms with Gasteiger partial charge in [0, 0.05) is 24.0 Å². The molecule has 2 rings (SSSR count). The summed E-state index contributed by atoms with van der Waals surface area (Å²) in [5, 5.41) is 0. The van der Waals surface area contributed by atoms with Gasteiger partial charge in [0.1, 0.15) is 0 Å². The van der Waals surface area contributed by atoms with Crippen LogP contribution in [0.1, 0.15) is 21.5 Å². The molecule has 0 N–H and O–H groups in total. The summed E-state index contributed by atoms with van der Waals surface area (Å²) < 4.78 is 39.5. The number of hydrogen-bond donors (Lipinski definition) is 0. The molecule has 0 atom stereocenters. The Hall–Kier alpha value is -3.55. The molecule has 0 aliphatic rings. The molecule has 5 nitrogen and oxygen atoms in total. The van der Waals surface area contributed by atoms with Gasteiger partial charge in [-0.3, -0.25) is 9.78 Å². The summed E-state index contributed by atoms with van der Waals surface area (Å²) in [6, 6.07) is 9.70. The molecule has 138 valence electrons. The number of allylic oxidation sites excluding steroid dienone is 1. The average molecular weight is 375 g/mol. The lowest BCUT2D eigenvalue weighted by atomic mass is 10.1. The summed E-state index contributed by atoms with van der Waals surface area (Å²) in [6.45, 7) is 0. The van der Waals surface area contributed by atoms with Crippen LogP contribution in [0.2, 0.25) is 0 Å². The number of carbonyl (C=O) groups excluding carboxylic acids is 3. The summed E-state index contributed by atoms with van der Waals surface area (Å²) >= 11 is 0. The monoisotopic (exact) mass is 375 g/mol. The highest BCUT2D eigenvalue weighted by Gasteiger charge is 2.42. The van der Waals surface area contributed by atoms with Crippen LogP contribution in [-0.4, -0.2) is 28.9 Å². The van der Waals surface area contributed by atoms with Gasteiger partial charge in [-0.05, 0) is 35.4 Å². The van der Waals surface area contributed by atoms with Gasteiger partial charge in [0.15, 0.2) is 5.78 Å². The Bertz CT molecular complexity index is 885. The fourth-order valence-electron chi connectivity index (χ4n) is 1.84. The SMILES string of the molecule is O=C(/C=C/c1ccc(/C=C/C(=O)c2cccnc2)cc1)OC(=O)C(F)(F)F. The Balaban J connectivity index is 1.95. The molecule has 0 saturated carbocycles. The van der Waals surface area contributed by atoms with Crippen LogP contribution in [0, 0.1) is 0 Å². The van der Waals surface area contributed by atoms with Gasteiger partial charge >= 0.3 is 18.1 Å². The first-order chi connectivity index (χ1) is 12.8. The number of aromatic nitrogens is 1. The van der Waals surface area contributed by atoms with Crippen molar-refractivity contribution in [2.24, 2.45) is 0 Å². The van der Waals surface area contributed by atoms with E-state index in [9.17, 15) is 27.6 Å². The molecule has 1 heterocycles. The quantitative estimate of drug-likeness (QED) is 0.345. The molecule has 27 heavy (non-hydrogen) atoms. The maximum Gasteiger partial charge on any atom is 0.491 e. The molecule has 0 unspecified atom stereocenters. The van der Waals surface area contributed by atoms with E-state index in [1.807, 2.05) is 0 Å². The Morgan fingerprint density at radius 1 is 0.926 bits per heavy atom. The Labute approximate surface area is 151 Å². The maximum absolute atomic E-state index is 12.0. The van der Waals surface area contributed by atoms with Crippen molar-refractivity contribution >= 4 is 29.9 Å². The van der Waals surface area contributed by atoms with E-state index in [1.54, 1.807) is 48.7 Å². The number of ether oxygens (including phenoxy) is 1. The van der Waals surface area contributed by atoms with Crippen molar-refractivity contribution in [2.45, 2.75) is 6.18 Å². The number of pyridine rings is 1. The first-order valence-corrected chi connectivity index (χ1v) is 7.49. The zero-order valence-electron chi connectivity index (χ0n) is 13.6. The fourth-order valence-corrected chi connectivity index (χ4v) is 1.84. The van der Waals surface area contributed by atoms with Gasteiger partial charge < -0.3 is 4.74 Å². The molecule has 0 saturated heterocycles. The first kappa shape index (κ1) is 19.8. The third kappa shape index (κ3) is 6.35. The van der Waals surface area contributed by atoms with E-state index < -0.39 is 18.1 Å². The zero-order chi connectivity index (χ0) is 19.9. The number of esters is 2. The minimum atomic E-state index is -5.23. The molecular formula is C19H12F3NO4. The normalized spacial score (nSPS) is 11.7. The highest BCUT2D eigenvalue weighted by atomic mass is 19.4. The third-order valence-electron chi connectivity index (χ3n) is 3.15. The van der Waals surface area contributed by atoms with Crippen molar-refractivity contribution in [3.8, 4) is 0 Å². The van der Waals surface area contributed by atoms with Gasteiger partial charge in [-0.25, -0.2) is 9.59 Å². The van der Waals surface area contributed by atoms with E-state index >= 15 is 0 Å². The lowest BCUT2D eigenvalue weighted by molar-refractivity contribution is -0.200. The third-order valence-corrected chi connectivity index (χ3v) is 3.15. The van der Waals surface area contributed by atoms with Gasteiger partial charge in [-0.15, -0.1) is 0 Å². The van der Waals surface area contributed by atoms with Gasteiger partial charge in [-0.1, -0.05) is 30.3 Å². The second-order valence-electron chi connectivity index (χ2n) is 5.15. The van der Waals surface area contributed by atoms with Gasteiger partial charge in [0.2, 0.25) is 0 Å². The van der Waals surface area contributed by atoms with Gasteiger partial charge in [0.25, 0.3) is 0 Å². The summed E-state index contributed by atoms with van der Waals surface area (Å²) in [7, 11) is 0. The summed E-state index contributed by atoms with van der Waals surface area (Å²) in [5.41, 5.74) is 1.63. The molecule has 0 fully saturated rings. The number of alkyl halides is 3. The number of nitrogens with zero attached hydrogens (tertiary/aromatic N) is 1. The predicted octanol–water partition coefficient (Wildman–Crippen LogP) is 3.62. The lowest BCUT2D eigenvalue weighted by Crippen LogP contribution is -2.27. The van der Waals surface area contributed by atoms with E-state index in [2.05, 4.69) is 9.72 Å². The standard InChI is InChI=1S/C19H12F3NO4/c20-19(21,22)18(26)27-17(25)10-8-14-5-3-13(4-6-14)7-9-16(24)15-2-1-11-23-12-15/h1-12H/b9-7+,10-8+. The number of hydrogen-bond acceptors (Lipinski definition) is 5. The van der Waals surface area contributed by atoms with Crippen molar-refractivity contribution in [1.29, 1.82) is 0 Å². The van der Waals surface area contributed by atoms with Crippen molar-refractivity contribution in [2.75, 3.05) is 0 Å². The summed E-state index contributed by atoms with van der Waals surface area (Å²) in [5.74, 6) is -4.22. The van der Waals surface area contributed by atoms with Crippen molar-refractivity contribution in [3.05, 3.63) is 77.6 Å². The average Bonchev–Trinajstić information content (AvgIpc) is 2.65. The van der Waals surface area contributed by atoms with Crippen LogP contribution in [0.25, 0.3) is 12.2 Å². The largest absolute Gasteiger partial charge is 0.491 e. The Morgan fingerprint density at radius 2 is 1.52 bits per heavy atom. The van der Waals surface area contributed by atoms with Crippen molar-refractivity contribution < 1.29 is 32.3 Å². The van der Waals surface area contributed by atoms with Crippen LogP contribution in [0.5, 0.6) is 0 Å². The van der Waals surface area contributed by atoms with Crippen LogP contribution in [-0.2, 0) is 14.3 Å². The lowest BCUT2D eigenvalue weighted by Gasteiger charge is -2.02. The molecule has 0 bridgehead atoms. The predicted molar refractivity (Wildman–Crippen MR) is 90.2 cm³/mol. The number of rotatable bonds is 5. The van der Waals surface area contributed by atoms with E-state index in [0.717, 1.165) is 0 Å². The smallest absolute Gasteiger partial charge is 0.383 e. The van der Waals surface area contributed by atoms with E-state index in [4.69, 9.17) is 0 Å². The number of halogens is 3. The minimum Gasteiger partial charge on any atom is -0.383 e. The van der Waals surface area contributed by atoms with Crippen molar-refractivity contribution in [1.82, 2.24) is 4.98 Å². The van der Waals surface area contributed by atoms with E-state index in [-0.39, 0.29) is 5.78 Å². The fraction of sp³-hybridized carbons (Fsp3) is 0.0526. The highest BCUT2D eigenvalue weighted by Crippen LogP contribution is 2.16.